The number of nitrogens with two attached hydrogens (primary N) is 1. The van der Waals surface area contributed by atoms with Crippen molar-refractivity contribution in [1.29, 1.82) is 15.8 Å². The van der Waals surface area contributed by atoms with Crippen molar-refractivity contribution in [1.82, 2.24) is 19.9 Å². The number of carboxylic acids is 1. The molecule has 0 bridgehead atoms. The summed E-state index contributed by atoms with van der Waals surface area (Å²) in [6.07, 6.45) is 9.75. The third-order valence-electron chi connectivity index (χ3n) is 11.8. The van der Waals surface area contributed by atoms with Gasteiger partial charge >= 0.3 is 29.8 Å². The number of nitrogens with one attached hydrogen (secondary N) is 1. The number of ketones is 1. The predicted octanol–water partition coefficient (Wildman–Crippen LogP) is 18.1. The summed E-state index contributed by atoms with van der Waals surface area (Å²) >= 11 is 20.9. The number of aryl methyl sites for hydroxylation is 6. The van der Waals surface area contributed by atoms with Crippen molar-refractivity contribution in [3.8, 4) is 18.2 Å². The van der Waals surface area contributed by atoms with Gasteiger partial charge in [-0.2, -0.15) is 15.8 Å². The number of halogens is 6. The third kappa shape index (κ3) is 48.1. The number of carbonyl (C=O) groups is 8. The Balaban J connectivity index is -0.000000358. The molecule has 0 atom stereocenters. The molecule has 0 aliphatic heterocycles. The quantitative estimate of drug-likeness (QED) is 0.00821. The Bertz CT molecular complexity index is 3770. The molecular formula is C75H93Br5ClN9O15. The summed E-state index contributed by atoms with van der Waals surface area (Å²) in [6, 6.07) is 27.8. The van der Waals surface area contributed by atoms with E-state index in [4.69, 9.17) is 47.7 Å². The number of hydrogen-bond donors (Lipinski definition) is 3. The number of hydrogen-bond acceptors (Lipinski definition) is 22. The fourth-order valence-electron chi connectivity index (χ4n) is 6.57. The van der Waals surface area contributed by atoms with Gasteiger partial charge in [0.1, 0.15) is 53.9 Å². The van der Waals surface area contributed by atoms with Gasteiger partial charge in [0.15, 0.2) is 6.29 Å². The summed E-state index contributed by atoms with van der Waals surface area (Å²) in [5.74, 6) is -0.998. The molecule has 1 amide bonds. The van der Waals surface area contributed by atoms with Gasteiger partial charge in [-0.3, -0.25) is 14.4 Å². The molecule has 0 saturated heterocycles. The Hall–Kier alpha value is -8.70. The highest BCUT2D eigenvalue weighted by Gasteiger charge is 2.17. The Morgan fingerprint density at radius 1 is 0.562 bits per heavy atom. The zero-order valence-electron chi connectivity index (χ0n) is 62.6. The third-order valence-corrected chi connectivity index (χ3v) is 14.4. The number of esters is 4. The molecule has 0 aliphatic rings. The van der Waals surface area contributed by atoms with Crippen LogP contribution in [-0.2, 0) is 47.6 Å². The normalized spacial score (nSPS) is 9.49. The van der Waals surface area contributed by atoms with Crippen molar-refractivity contribution >= 4 is 149 Å². The van der Waals surface area contributed by atoms with Crippen LogP contribution >= 0.6 is 91.3 Å². The molecule has 0 unspecified atom stereocenters. The minimum atomic E-state index is -0.956. The van der Waals surface area contributed by atoms with E-state index < -0.39 is 29.1 Å². The molecule has 4 heterocycles. The number of benzene rings is 2. The molecule has 6 rings (SSSR count). The van der Waals surface area contributed by atoms with Crippen LogP contribution in [0.2, 0.25) is 0 Å². The molecule has 0 spiro atoms. The van der Waals surface area contributed by atoms with E-state index in [1.165, 1.54) is 13.8 Å². The number of Topliss-reactive ketones (excluding diaryl/α,β-unsaturated/α-hetero) is 1. The first-order valence-electron chi connectivity index (χ1n) is 31.3. The molecule has 6 aromatic rings. The number of allylic oxidation sites excluding steroid dienone is 4. The maximum Gasteiger partial charge on any atom is 0.349 e. The first-order chi connectivity index (χ1) is 49.5. The van der Waals surface area contributed by atoms with E-state index in [9.17, 15) is 38.4 Å². The Morgan fingerprint density at radius 3 is 1.22 bits per heavy atom. The molecule has 570 valence electrons. The monoisotopic (exact) mass is 1790 g/mol. The molecule has 30 heteroatoms. The summed E-state index contributed by atoms with van der Waals surface area (Å²) in [5.41, 5.74) is 15.9. The second kappa shape index (κ2) is 63.7. The number of aromatic carboxylic acids is 1. The van der Waals surface area contributed by atoms with E-state index >= 15 is 0 Å². The molecule has 0 radical (unpaired) electrons. The Kier molecular flexibility index (Phi) is 63.7. The lowest BCUT2D eigenvalue weighted by Gasteiger charge is -2.10. The summed E-state index contributed by atoms with van der Waals surface area (Å²) in [4.78, 5) is 102. The molecule has 4 N–H and O–H groups in total. The molecule has 0 saturated carbocycles. The second-order valence-electron chi connectivity index (χ2n) is 20.3. The summed E-state index contributed by atoms with van der Waals surface area (Å²) in [7, 11) is 3.21. The summed E-state index contributed by atoms with van der Waals surface area (Å²) in [6.45, 7) is 31.3. The number of nitrogen functional groups attached to an aromatic ring is 1. The highest BCUT2D eigenvalue weighted by molar-refractivity contribution is 9.11. The number of aromatic nitrogens is 4. The molecular weight excluding hydrogens is 1700 g/mol. The SMILES string of the molecule is C/C=C/C(C)=C(/C#N)C(=O)OCC.CBr.CC(C)=O.CCOC(=O)C(C#N)=C(C)C.CCOC(=O)CC#N.CCOC(=O)c1c(C)ccnc1Br.COC(C)OC.Cc1ccccc1N.Cc1ccccc1NC(=O)c1c(C)ccnc1Br.Cc1ccnc(Br)c1C(=O)Cl.Cc1ccnc(Br)c1C(=O)O. The summed E-state index contributed by atoms with van der Waals surface area (Å²) < 4.78 is 30.0. The minimum Gasteiger partial charge on any atom is -0.478 e. The van der Waals surface area contributed by atoms with Crippen LogP contribution in [0.4, 0.5) is 11.4 Å². The van der Waals surface area contributed by atoms with E-state index in [2.05, 4.69) is 124 Å². The van der Waals surface area contributed by atoms with Crippen molar-refractivity contribution < 1.29 is 71.9 Å². The highest BCUT2D eigenvalue weighted by atomic mass is 79.9. The van der Waals surface area contributed by atoms with Crippen molar-refractivity contribution in [2.24, 2.45) is 0 Å². The fraction of sp³-hybridized carbons (Fsp3) is 0.347. The molecule has 0 aliphatic carbocycles. The van der Waals surface area contributed by atoms with Gasteiger partial charge < -0.3 is 49.4 Å². The van der Waals surface area contributed by atoms with Crippen LogP contribution in [0.1, 0.15) is 157 Å². The molecule has 4 aromatic heterocycles. The van der Waals surface area contributed by atoms with E-state index in [-0.39, 0.29) is 53.7 Å². The van der Waals surface area contributed by atoms with Crippen LogP contribution in [-0.4, -0.2) is 125 Å². The number of amides is 1. The second-order valence-corrected chi connectivity index (χ2v) is 23.6. The molecule has 105 heavy (non-hydrogen) atoms. The Morgan fingerprint density at radius 2 is 0.933 bits per heavy atom. The number of carbonyl (C=O) groups excluding carboxylic acids is 7. The molecule has 2 aromatic carbocycles. The molecule has 24 nitrogen and oxygen atoms in total. The number of para-hydroxylation sites is 2. The van der Waals surface area contributed by atoms with Gasteiger partial charge in [-0.25, -0.2) is 39.1 Å². The first kappa shape index (κ1) is 105. The predicted molar refractivity (Wildman–Crippen MR) is 426 cm³/mol. The van der Waals surface area contributed by atoms with Crippen LogP contribution in [0.25, 0.3) is 0 Å². The van der Waals surface area contributed by atoms with Crippen LogP contribution in [0.15, 0.2) is 150 Å². The lowest BCUT2D eigenvalue weighted by atomic mass is 10.1. The lowest BCUT2D eigenvalue weighted by molar-refractivity contribution is -0.142. The number of nitriles is 3. The van der Waals surface area contributed by atoms with Gasteiger partial charge in [0.25, 0.3) is 11.1 Å². The largest absolute Gasteiger partial charge is 0.478 e. The topological polar surface area (TPSA) is 373 Å². The van der Waals surface area contributed by atoms with Gasteiger partial charge in [-0.1, -0.05) is 70.1 Å². The lowest BCUT2D eigenvalue weighted by Crippen LogP contribution is -2.15. The Labute approximate surface area is 664 Å². The standard InChI is InChI=1S/C14H13BrN2O.C10H13NO2.C9H10BrNO2.C8H11NO2.C7H5BrClNO.C7H6BrNO2.C7H9N.C5H7NO2.C4H10O2.C3H6O.CH3Br/c1-9-5-3-4-6-11(9)17-14(18)12-10(2)7-8-16-13(12)15;1-4-6-8(3)9(7-11)10(12)13-5-2;1-3-13-9(12)7-6(2)4-5-11-8(7)10;1-4-11-8(10)7(5-9)6(2)3;1-4-2-3-10-6(8)5(4)7(9)11;1-4-2-3-9-6(8)5(4)7(10)11;1-6-4-2-3-5-7(6)8;1-2-8-5(7)3-4-6;1-4(5-2)6-3;1-3(2)4;1-2/h3-8H,1-2H3,(H,17,18);4,6H,5H2,1-3H3;4-5H,3H2,1-2H3;4H2,1-3H3;2-3H,1H3;2-3H,1H3,(H,10,11);2-5H,8H2,1H3;2-3H2,1H3;4H,1-3H3;1-2H3;1H3/b;6-4+,9-8-;;;;;;;;;. The van der Waals surface area contributed by atoms with Crippen molar-refractivity contribution in [3.05, 3.63) is 206 Å². The maximum absolute atomic E-state index is 12.2. The maximum atomic E-state index is 12.2. The van der Waals surface area contributed by atoms with Crippen molar-refractivity contribution in [3.63, 3.8) is 0 Å². The average molecular weight is 1800 g/mol. The van der Waals surface area contributed by atoms with E-state index in [0.717, 1.165) is 39.2 Å². The van der Waals surface area contributed by atoms with E-state index in [1.807, 2.05) is 115 Å². The smallest absolute Gasteiger partial charge is 0.349 e. The van der Waals surface area contributed by atoms with Gasteiger partial charge in [0.2, 0.25) is 0 Å². The first-order valence-corrected chi connectivity index (χ1v) is 36.4. The number of methoxy groups -OCH3 is 2. The zero-order chi connectivity index (χ0) is 81.9. The van der Waals surface area contributed by atoms with Crippen LogP contribution in [0.5, 0.6) is 0 Å². The number of pyridine rings is 4. The van der Waals surface area contributed by atoms with Gasteiger partial charge in [0.05, 0.1) is 54.8 Å². The van der Waals surface area contributed by atoms with E-state index in [0.29, 0.717) is 71.6 Å². The van der Waals surface area contributed by atoms with Crippen molar-refractivity contribution in [2.75, 3.05) is 57.5 Å². The number of anilines is 2. The van der Waals surface area contributed by atoms with Crippen molar-refractivity contribution in [2.45, 2.75) is 130 Å². The van der Waals surface area contributed by atoms with Crippen LogP contribution in [0, 0.1) is 75.5 Å². The average Bonchev–Trinajstić information content (AvgIpc) is 0.849. The minimum absolute atomic E-state index is 0.0648. The van der Waals surface area contributed by atoms with Gasteiger partial charge in [-0.15, -0.1) is 0 Å². The van der Waals surface area contributed by atoms with E-state index in [1.54, 1.807) is 137 Å². The highest BCUT2D eigenvalue weighted by Crippen LogP contribution is 2.23. The number of nitrogens with zero attached hydrogens (tertiary/aromatic N) is 7. The van der Waals surface area contributed by atoms with Gasteiger partial charge in [0, 0.05) is 50.4 Å². The zero-order valence-corrected chi connectivity index (χ0v) is 71.3. The summed E-state index contributed by atoms with van der Waals surface area (Å²) in [5, 5.41) is 36.2. The van der Waals surface area contributed by atoms with Gasteiger partial charge in [-0.05, 0) is 274 Å². The fourth-order valence-corrected chi connectivity index (χ4v) is 9.34. The number of ether oxygens (including phenoxy) is 6. The molecule has 0 fully saturated rings. The number of carboxylic acid groups (broad SMARTS) is 1. The number of rotatable bonds is 15. The number of alkyl halides is 1. The van der Waals surface area contributed by atoms with Crippen LogP contribution in [0.3, 0.4) is 0 Å². The van der Waals surface area contributed by atoms with Crippen LogP contribution < -0.4 is 11.1 Å².